The van der Waals surface area contributed by atoms with Crippen LogP contribution in [0.2, 0.25) is 0 Å². The van der Waals surface area contributed by atoms with E-state index in [1.165, 1.54) is 11.1 Å². The van der Waals surface area contributed by atoms with Crippen LogP contribution in [0.25, 0.3) is 0 Å². The second kappa shape index (κ2) is 7.61. The minimum Gasteiger partial charge on any atom is -0.310 e. The van der Waals surface area contributed by atoms with Crippen molar-refractivity contribution in [1.29, 1.82) is 0 Å². The number of hydrogen-bond donors (Lipinski definition) is 1. The highest BCUT2D eigenvalue weighted by atomic mass is 79.9. The average Bonchev–Trinajstić information content (AvgIpc) is 2.48. The van der Waals surface area contributed by atoms with Gasteiger partial charge in [0.15, 0.2) is 0 Å². The smallest absolute Gasteiger partial charge is 0.0292 e. The summed E-state index contributed by atoms with van der Waals surface area (Å²) in [6, 6.07) is 19.6. The molecule has 0 heterocycles. The zero-order chi connectivity index (χ0) is 14.4. The summed E-state index contributed by atoms with van der Waals surface area (Å²) < 4.78 is 1.14. The fourth-order valence-electron chi connectivity index (χ4n) is 2.36. The first-order valence-electron chi connectivity index (χ1n) is 7.20. The van der Waals surface area contributed by atoms with Crippen LogP contribution in [0.5, 0.6) is 0 Å². The van der Waals surface area contributed by atoms with E-state index in [2.05, 4.69) is 89.7 Å². The van der Waals surface area contributed by atoms with E-state index in [0.29, 0.717) is 12.0 Å². The molecule has 2 aromatic rings. The van der Waals surface area contributed by atoms with Crippen LogP contribution in [0.15, 0.2) is 59.1 Å². The normalized spacial score (nSPS) is 13.9. The van der Waals surface area contributed by atoms with Gasteiger partial charge >= 0.3 is 0 Å². The molecule has 0 aliphatic carbocycles. The molecule has 2 aromatic carbocycles. The van der Waals surface area contributed by atoms with Gasteiger partial charge in [0, 0.05) is 10.5 Å². The largest absolute Gasteiger partial charge is 0.310 e. The molecule has 0 aromatic heterocycles. The molecule has 0 spiro atoms. The van der Waals surface area contributed by atoms with Crippen molar-refractivity contribution in [3.63, 3.8) is 0 Å². The van der Waals surface area contributed by atoms with Gasteiger partial charge in [-0.25, -0.2) is 0 Å². The minimum atomic E-state index is 0.385. The van der Waals surface area contributed by atoms with Crippen LogP contribution < -0.4 is 5.32 Å². The maximum Gasteiger partial charge on any atom is 0.0292 e. The first-order chi connectivity index (χ1) is 9.66. The minimum absolute atomic E-state index is 0.385. The van der Waals surface area contributed by atoms with Crippen molar-refractivity contribution >= 4 is 15.9 Å². The number of rotatable bonds is 6. The molecule has 20 heavy (non-hydrogen) atoms. The van der Waals surface area contributed by atoms with Crippen LogP contribution in [0.1, 0.15) is 43.4 Å². The molecule has 2 heteroatoms. The van der Waals surface area contributed by atoms with Gasteiger partial charge in [0.25, 0.3) is 0 Å². The number of nitrogens with one attached hydrogen (secondary N) is 1. The second-order valence-electron chi connectivity index (χ2n) is 5.33. The van der Waals surface area contributed by atoms with Crippen LogP contribution in [0.4, 0.5) is 0 Å². The molecule has 0 bridgehead atoms. The Bertz CT molecular complexity index is 524. The molecular weight excluding hydrogens is 310 g/mol. The van der Waals surface area contributed by atoms with E-state index in [4.69, 9.17) is 0 Å². The molecule has 0 aliphatic heterocycles. The van der Waals surface area contributed by atoms with Crippen LogP contribution in [-0.4, -0.2) is 6.54 Å². The quantitative estimate of drug-likeness (QED) is 0.757. The average molecular weight is 332 g/mol. The van der Waals surface area contributed by atoms with Gasteiger partial charge in [-0.1, -0.05) is 65.3 Å². The van der Waals surface area contributed by atoms with E-state index in [1.54, 1.807) is 0 Å². The topological polar surface area (TPSA) is 12.0 Å². The van der Waals surface area contributed by atoms with Crippen LogP contribution in [-0.2, 0) is 0 Å². The molecular formula is C18H22BrN. The highest BCUT2D eigenvalue weighted by molar-refractivity contribution is 9.10. The Balaban J connectivity index is 1.81. The van der Waals surface area contributed by atoms with Gasteiger partial charge in [-0.2, -0.15) is 0 Å². The molecule has 2 rings (SSSR count). The third-order valence-corrected chi connectivity index (χ3v) is 4.24. The van der Waals surface area contributed by atoms with E-state index in [-0.39, 0.29) is 0 Å². The van der Waals surface area contributed by atoms with Crippen molar-refractivity contribution in [3.8, 4) is 0 Å². The maximum atomic E-state index is 3.61. The Morgan fingerprint density at radius 2 is 1.65 bits per heavy atom. The van der Waals surface area contributed by atoms with E-state index in [1.807, 2.05) is 0 Å². The Morgan fingerprint density at radius 1 is 0.950 bits per heavy atom. The molecule has 1 N–H and O–H groups in total. The molecule has 0 fully saturated rings. The van der Waals surface area contributed by atoms with Crippen molar-refractivity contribution in [2.24, 2.45) is 0 Å². The summed E-state index contributed by atoms with van der Waals surface area (Å²) >= 11 is 3.52. The van der Waals surface area contributed by atoms with Gasteiger partial charge in [0.05, 0.1) is 0 Å². The number of benzene rings is 2. The number of halogens is 1. The highest BCUT2D eigenvalue weighted by Crippen LogP contribution is 2.20. The molecule has 106 valence electrons. The molecule has 2 atom stereocenters. The van der Waals surface area contributed by atoms with Gasteiger partial charge in [-0.15, -0.1) is 0 Å². The summed E-state index contributed by atoms with van der Waals surface area (Å²) in [6.45, 7) is 5.54. The first-order valence-corrected chi connectivity index (χ1v) is 8.00. The summed E-state index contributed by atoms with van der Waals surface area (Å²) in [5.74, 6) is 0.596. The summed E-state index contributed by atoms with van der Waals surface area (Å²) in [6.07, 6.45) is 1.16. The van der Waals surface area contributed by atoms with Gasteiger partial charge in [0.1, 0.15) is 0 Å². The zero-order valence-electron chi connectivity index (χ0n) is 12.1. The Morgan fingerprint density at radius 3 is 2.35 bits per heavy atom. The summed E-state index contributed by atoms with van der Waals surface area (Å²) in [7, 11) is 0. The Kier molecular flexibility index (Phi) is 5.81. The lowest BCUT2D eigenvalue weighted by Crippen LogP contribution is -2.21. The third-order valence-electron chi connectivity index (χ3n) is 3.75. The van der Waals surface area contributed by atoms with Crippen molar-refractivity contribution in [3.05, 3.63) is 70.2 Å². The van der Waals surface area contributed by atoms with E-state index >= 15 is 0 Å². The molecule has 0 saturated heterocycles. The van der Waals surface area contributed by atoms with Gasteiger partial charge in [0.2, 0.25) is 0 Å². The van der Waals surface area contributed by atoms with E-state index < -0.39 is 0 Å². The summed E-state index contributed by atoms with van der Waals surface area (Å²) in [5, 5.41) is 3.61. The second-order valence-corrected chi connectivity index (χ2v) is 6.25. The highest BCUT2D eigenvalue weighted by Gasteiger charge is 2.07. The Hall–Kier alpha value is -1.12. The Labute approximate surface area is 130 Å². The fraction of sp³-hybridized carbons (Fsp3) is 0.333. The molecule has 0 amide bonds. The molecule has 0 aliphatic rings. The molecule has 0 saturated carbocycles. The molecule has 0 radical (unpaired) electrons. The van der Waals surface area contributed by atoms with Crippen molar-refractivity contribution in [2.45, 2.75) is 32.2 Å². The summed E-state index contributed by atoms with van der Waals surface area (Å²) in [4.78, 5) is 0. The van der Waals surface area contributed by atoms with E-state index in [9.17, 15) is 0 Å². The maximum absolute atomic E-state index is 3.61. The monoisotopic (exact) mass is 331 g/mol. The first kappa shape index (κ1) is 15.3. The van der Waals surface area contributed by atoms with Gasteiger partial charge in [-0.3, -0.25) is 0 Å². The predicted molar refractivity (Wildman–Crippen MR) is 90.0 cm³/mol. The lowest BCUT2D eigenvalue weighted by molar-refractivity contribution is 0.531. The standard InChI is InChI=1S/C18H22BrN/c1-14(16-7-4-3-5-8-16)11-12-20-15(2)17-9-6-10-18(19)13-17/h3-10,13-15,20H,11-12H2,1-2H3/t14?,15-/m0/s1. The third kappa shape index (κ3) is 4.46. The van der Waals surface area contributed by atoms with Crippen LogP contribution in [0, 0.1) is 0 Å². The fourth-order valence-corrected chi connectivity index (χ4v) is 2.78. The van der Waals surface area contributed by atoms with Gasteiger partial charge < -0.3 is 5.32 Å². The molecule has 1 nitrogen and oxygen atoms in total. The summed E-state index contributed by atoms with van der Waals surface area (Å²) in [5.41, 5.74) is 2.75. The van der Waals surface area contributed by atoms with Crippen molar-refractivity contribution in [2.75, 3.05) is 6.54 Å². The lowest BCUT2D eigenvalue weighted by Gasteiger charge is -2.17. The SMILES string of the molecule is CC(CCN[C@@H](C)c1cccc(Br)c1)c1ccccc1. The predicted octanol–water partition coefficient (Wildman–Crippen LogP) is 5.29. The zero-order valence-corrected chi connectivity index (χ0v) is 13.7. The van der Waals surface area contributed by atoms with Crippen molar-refractivity contribution < 1.29 is 0 Å². The van der Waals surface area contributed by atoms with Gasteiger partial charge in [-0.05, 0) is 49.1 Å². The van der Waals surface area contributed by atoms with E-state index in [0.717, 1.165) is 17.4 Å². The van der Waals surface area contributed by atoms with Crippen LogP contribution >= 0.6 is 15.9 Å². The number of hydrogen-bond acceptors (Lipinski definition) is 1. The molecule has 1 unspecified atom stereocenters. The van der Waals surface area contributed by atoms with Crippen molar-refractivity contribution in [1.82, 2.24) is 5.32 Å². The van der Waals surface area contributed by atoms with Crippen LogP contribution in [0.3, 0.4) is 0 Å². The lowest BCUT2D eigenvalue weighted by atomic mass is 9.98.